The predicted octanol–water partition coefficient (Wildman–Crippen LogP) is 2.12. The fourth-order valence-corrected chi connectivity index (χ4v) is 0.668. The molecule has 1 aromatic heterocycles. The molecule has 0 atom stereocenters. The minimum atomic E-state index is 0. The number of ether oxygens (including phenoxy) is 1. The first-order valence-electron chi connectivity index (χ1n) is 3.02. The van der Waals surface area contributed by atoms with Crippen molar-refractivity contribution in [3.63, 3.8) is 0 Å². The molecule has 1 rings (SSSR count). The molecule has 0 unspecified atom stereocenters. The van der Waals surface area contributed by atoms with Crippen LogP contribution in [-0.2, 0) is 0 Å². The van der Waals surface area contributed by atoms with Crippen LogP contribution >= 0.6 is 24.0 Å². The number of nitrogens with zero attached hydrogens (tertiary/aromatic N) is 1. The summed E-state index contributed by atoms with van der Waals surface area (Å²) >= 11 is 5.41. The van der Waals surface area contributed by atoms with Crippen molar-refractivity contribution in [1.29, 1.82) is 0 Å². The molecule has 0 aliphatic carbocycles. The van der Waals surface area contributed by atoms with E-state index < -0.39 is 0 Å². The van der Waals surface area contributed by atoms with E-state index in [1.165, 1.54) is 0 Å². The maximum atomic E-state index is 5.41. The summed E-state index contributed by atoms with van der Waals surface area (Å²) in [5.74, 6) is 1.33. The van der Waals surface area contributed by atoms with E-state index in [-0.39, 0.29) is 12.4 Å². The van der Waals surface area contributed by atoms with Crippen molar-refractivity contribution >= 4 is 24.0 Å². The Hall–Kier alpha value is -0.470. The Labute approximate surface area is 77.0 Å². The van der Waals surface area contributed by atoms with Gasteiger partial charge in [-0.3, -0.25) is 4.98 Å². The first-order chi connectivity index (χ1) is 4.93. The average molecular weight is 194 g/mol. The van der Waals surface area contributed by atoms with Crippen molar-refractivity contribution < 1.29 is 4.74 Å². The fraction of sp³-hybridized carbons (Fsp3) is 0.286. The van der Waals surface area contributed by atoms with Crippen LogP contribution in [0.25, 0.3) is 0 Å². The van der Waals surface area contributed by atoms with Crippen LogP contribution < -0.4 is 4.74 Å². The van der Waals surface area contributed by atoms with Gasteiger partial charge in [-0.15, -0.1) is 24.0 Å². The lowest BCUT2D eigenvalue weighted by atomic mass is 10.5. The largest absolute Gasteiger partial charge is 0.492 e. The van der Waals surface area contributed by atoms with E-state index in [2.05, 4.69) is 4.98 Å². The maximum absolute atomic E-state index is 5.41. The summed E-state index contributed by atoms with van der Waals surface area (Å²) in [7, 11) is 0. The van der Waals surface area contributed by atoms with Crippen molar-refractivity contribution in [3.8, 4) is 5.75 Å². The van der Waals surface area contributed by atoms with Crippen LogP contribution in [-0.4, -0.2) is 17.5 Å². The topological polar surface area (TPSA) is 22.1 Å². The van der Waals surface area contributed by atoms with Crippen molar-refractivity contribution in [1.82, 2.24) is 4.98 Å². The van der Waals surface area contributed by atoms with Crippen LogP contribution in [0.1, 0.15) is 0 Å². The minimum absolute atomic E-state index is 0. The predicted molar refractivity (Wildman–Crippen MR) is 47.7 cm³/mol. The highest BCUT2D eigenvalue weighted by Crippen LogP contribution is 2.05. The molecule has 0 aliphatic rings. The molecule has 0 N–H and O–H groups in total. The maximum Gasteiger partial charge on any atom is 0.122 e. The van der Waals surface area contributed by atoms with Gasteiger partial charge in [0.05, 0.1) is 5.88 Å². The van der Waals surface area contributed by atoms with Crippen LogP contribution in [0.5, 0.6) is 5.75 Å². The van der Waals surface area contributed by atoms with Gasteiger partial charge in [0.15, 0.2) is 0 Å². The Morgan fingerprint density at radius 1 is 1.36 bits per heavy atom. The van der Waals surface area contributed by atoms with Gasteiger partial charge < -0.3 is 4.74 Å². The molecule has 0 bridgehead atoms. The lowest BCUT2D eigenvalue weighted by Crippen LogP contribution is -1.97. The average Bonchev–Trinajstić information content (AvgIpc) is 2.03. The molecule has 4 heteroatoms. The summed E-state index contributed by atoms with van der Waals surface area (Å²) in [5.41, 5.74) is 0. The Morgan fingerprint density at radius 2 is 2.00 bits per heavy atom. The van der Waals surface area contributed by atoms with Gasteiger partial charge in [0.2, 0.25) is 0 Å². The first-order valence-corrected chi connectivity index (χ1v) is 3.55. The molecule has 0 spiro atoms. The number of hydrogen-bond acceptors (Lipinski definition) is 2. The van der Waals surface area contributed by atoms with Gasteiger partial charge in [0.1, 0.15) is 12.4 Å². The Morgan fingerprint density at radius 3 is 2.55 bits per heavy atom. The lowest BCUT2D eigenvalue weighted by Gasteiger charge is -2.00. The van der Waals surface area contributed by atoms with Gasteiger partial charge in [-0.05, 0) is 12.1 Å². The molecule has 2 nitrogen and oxygen atoms in total. The van der Waals surface area contributed by atoms with Gasteiger partial charge in [0.25, 0.3) is 0 Å². The molecule has 0 saturated heterocycles. The number of alkyl halides is 1. The summed E-state index contributed by atoms with van der Waals surface area (Å²) in [4.78, 5) is 3.84. The summed E-state index contributed by atoms with van der Waals surface area (Å²) in [5, 5.41) is 0. The van der Waals surface area contributed by atoms with Crippen molar-refractivity contribution in [2.24, 2.45) is 0 Å². The highest BCUT2D eigenvalue weighted by molar-refractivity contribution is 6.17. The molecule has 11 heavy (non-hydrogen) atoms. The van der Waals surface area contributed by atoms with E-state index >= 15 is 0 Å². The Kier molecular flexibility index (Phi) is 5.99. The molecule has 0 aliphatic heterocycles. The number of hydrogen-bond donors (Lipinski definition) is 0. The molecule has 62 valence electrons. The summed E-state index contributed by atoms with van der Waals surface area (Å²) in [6, 6.07) is 3.60. The molecule has 0 fully saturated rings. The first kappa shape index (κ1) is 10.5. The quantitative estimate of drug-likeness (QED) is 0.687. The third kappa shape index (κ3) is 4.06. The van der Waals surface area contributed by atoms with E-state index in [4.69, 9.17) is 16.3 Å². The molecule has 0 amide bonds. The zero-order chi connectivity index (χ0) is 7.23. The molecule has 0 aromatic carbocycles. The second-order valence-corrected chi connectivity index (χ2v) is 2.10. The zero-order valence-corrected chi connectivity index (χ0v) is 7.44. The highest BCUT2D eigenvalue weighted by Gasteiger charge is 1.87. The number of halogens is 2. The highest BCUT2D eigenvalue weighted by atomic mass is 35.5. The molecule has 0 saturated carbocycles. The summed E-state index contributed by atoms with van der Waals surface area (Å²) in [6.45, 7) is 0.547. The Bertz CT molecular complexity index is 181. The van der Waals surface area contributed by atoms with Crippen molar-refractivity contribution in [2.45, 2.75) is 0 Å². The van der Waals surface area contributed by atoms with E-state index in [1.54, 1.807) is 24.5 Å². The van der Waals surface area contributed by atoms with Crippen LogP contribution in [0.2, 0.25) is 0 Å². The SMILES string of the molecule is Cl.ClCCOc1ccncc1. The van der Waals surface area contributed by atoms with E-state index in [0.717, 1.165) is 5.75 Å². The Balaban J connectivity index is 0.000001000. The monoisotopic (exact) mass is 193 g/mol. The molecular weight excluding hydrogens is 185 g/mol. The normalized spacial score (nSPS) is 8.45. The lowest BCUT2D eigenvalue weighted by molar-refractivity contribution is 0.342. The molecule has 0 radical (unpaired) electrons. The molecular formula is C7H9Cl2NO. The standard InChI is InChI=1S/C7H8ClNO.ClH/c8-3-6-10-7-1-4-9-5-2-7;/h1-2,4-5H,3,6H2;1H. The minimum Gasteiger partial charge on any atom is -0.492 e. The van der Waals surface area contributed by atoms with Gasteiger partial charge in [-0.1, -0.05) is 0 Å². The van der Waals surface area contributed by atoms with Gasteiger partial charge in [0, 0.05) is 12.4 Å². The third-order valence-corrected chi connectivity index (χ3v) is 1.15. The van der Waals surface area contributed by atoms with Gasteiger partial charge in [-0.2, -0.15) is 0 Å². The van der Waals surface area contributed by atoms with E-state index in [1.807, 2.05) is 0 Å². The van der Waals surface area contributed by atoms with Gasteiger partial charge in [-0.25, -0.2) is 0 Å². The van der Waals surface area contributed by atoms with Crippen LogP contribution in [0.4, 0.5) is 0 Å². The van der Waals surface area contributed by atoms with Crippen LogP contribution in [0, 0.1) is 0 Å². The second-order valence-electron chi connectivity index (χ2n) is 1.72. The van der Waals surface area contributed by atoms with Crippen molar-refractivity contribution in [3.05, 3.63) is 24.5 Å². The molecule has 1 heterocycles. The van der Waals surface area contributed by atoms with Gasteiger partial charge >= 0.3 is 0 Å². The van der Waals surface area contributed by atoms with Crippen LogP contribution in [0.3, 0.4) is 0 Å². The van der Waals surface area contributed by atoms with E-state index in [0.29, 0.717) is 12.5 Å². The van der Waals surface area contributed by atoms with Crippen LogP contribution in [0.15, 0.2) is 24.5 Å². The molecule has 1 aromatic rings. The smallest absolute Gasteiger partial charge is 0.122 e. The summed E-state index contributed by atoms with van der Waals surface area (Å²) < 4.78 is 5.18. The third-order valence-electron chi connectivity index (χ3n) is 0.996. The van der Waals surface area contributed by atoms with E-state index in [9.17, 15) is 0 Å². The number of aromatic nitrogens is 1. The van der Waals surface area contributed by atoms with Crippen molar-refractivity contribution in [2.75, 3.05) is 12.5 Å². The zero-order valence-electron chi connectivity index (χ0n) is 5.87. The number of rotatable bonds is 3. The summed E-state index contributed by atoms with van der Waals surface area (Å²) in [6.07, 6.45) is 3.37. The fourth-order valence-electron chi connectivity index (χ4n) is 0.591. The number of pyridine rings is 1. The second kappa shape index (κ2) is 6.25.